The number of likely N-dealkylation sites (tertiary alicyclic amines) is 1. The molecule has 2 heterocycles. The summed E-state index contributed by atoms with van der Waals surface area (Å²) in [5.41, 5.74) is 1.42. The first-order valence-corrected chi connectivity index (χ1v) is 12.4. The van der Waals surface area contributed by atoms with Gasteiger partial charge in [-0.15, -0.1) is 0 Å². The Labute approximate surface area is 221 Å². The zero-order valence-corrected chi connectivity index (χ0v) is 21.9. The Balaban J connectivity index is 1.52. The monoisotopic (exact) mass is 571 g/mol. The van der Waals surface area contributed by atoms with Gasteiger partial charge in [0.05, 0.1) is 17.5 Å². The maximum absolute atomic E-state index is 13.3. The minimum absolute atomic E-state index is 0.287. The average Bonchev–Trinajstić information content (AvgIpc) is 3.33. The predicted octanol–water partition coefficient (Wildman–Crippen LogP) is 5.21. The first-order valence-electron chi connectivity index (χ1n) is 11.3. The van der Waals surface area contributed by atoms with Crippen molar-refractivity contribution in [2.24, 2.45) is 0 Å². The molecule has 186 valence electrons. The molecule has 2 aliphatic rings. The van der Waals surface area contributed by atoms with Gasteiger partial charge in [-0.1, -0.05) is 41.9 Å². The third kappa shape index (κ3) is 3.82. The van der Waals surface area contributed by atoms with Gasteiger partial charge < -0.3 is 14.8 Å². The Hall–Kier alpha value is -3.14. The third-order valence-corrected chi connectivity index (χ3v) is 7.86. The van der Waals surface area contributed by atoms with E-state index in [2.05, 4.69) is 21.2 Å². The highest BCUT2D eigenvalue weighted by atomic mass is 79.9. The summed E-state index contributed by atoms with van der Waals surface area (Å²) in [5, 5.41) is 16.0. The number of anilines is 1. The van der Waals surface area contributed by atoms with Crippen LogP contribution in [0.4, 0.5) is 5.69 Å². The van der Waals surface area contributed by atoms with Gasteiger partial charge in [0.1, 0.15) is 6.61 Å². The summed E-state index contributed by atoms with van der Waals surface area (Å²) in [6.07, 6.45) is 0. The molecule has 8 nitrogen and oxygen atoms in total. The topological polar surface area (TPSA) is 93.9 Å². The number of ether oxygens (including phenoxy) is 2. The number of nitrogens with one attached hydrogen (secondary N) is 1. The summed E-state index contributed by atoms with van der Waals surface area (Å²) in [5.74, 6) is -0.0315. The van der Waals surface area contributed by atoms with Gasteiger partial charge in [0.2, 0.25) is 0 Å². The highest BCUT2D eigenvalue weighted by molar-refractivity contribution is 9.10. The molecule has 0 radical (unpaired) electrons. The van der Waals surface area contributed by atoms with Crippen LogP contribution in [0.25, 0.3) is 0 Å². The number of methoxy groups -OCH3 is 1. The molecule has 5 rings (SSSR count). The smallest absolute Gasteiger partial charge is 0.256 e. The van der Waals surface area contributed by atoms with Crippen LogP contribution in [0, 0.1) is 10.1 Å². The lowest BCUT2D eigenvalue weighted by molar-refractivity contribution is -0.534. The van der Waals surface area contributed by atoms with Crippen molar-refractivity contribution in [1.82, 2.24) is 4.90 Å². The van der Waals surface area contributed by atoms with Gasteiger partial charge in [-0.3, -0.25) is 19.8 Å². The Morgan fingerprint density at radius 2 is 1.94 bits per heavy atom. The van der Waals surface area contributed by atoms with Crippen molar-refractivity contribution < 1.29 is 19.2 Å². The van der Waals surface area contributed by atoms with E-state index in [9.17, 15) is 14.9 Å². The van der Waals surface area contributed by atoms with E-state index in [1.807, 2.05) is 18.2 Å². The van der Waals surface area contributed by atoms with Gasteiger partial charge in [-0.25, -0.2) is 0 Å². The summed E-state index contributed by atoms with van der Waals surface area (Å²) >= 11 is 9.53. The molecule has 0 bridgehead atoms. The summed E-state index contributed by atoms with van der Waals surface area (Å²) in [6.45, 7) is 0.600. The Morgan fingerprint density at radius 3 is 2.64 bits per heavy atom. The number of hydrogen-bond acceptors (Lipinski definition) is 6. The highest BCUT2D eigenvalue weighted by Gasteiger charge is 2.68. The van der Waals surface area contributed by atoms with Crippen molar-refractivity contribution in [1.29, 1.82) is 0 Å². The van der Waals surface area contributed by atoms with Crippen molar-refractivity contribution >= 4 is 39.1 Å². The fraction of sp³-hybridized carbons (Fsp3) is 0.269. The molecule has 1 fully saturated rings. The number of benzene rings is 3. The van der Waals surface area contributed by atoms with Gasteiger partial charge in [-0.2, -0.15) is 0 Å². The van der Waals surface area contributed by atoms with Gasteiger partial charge in [-0.05, 0) is 64.4 Å². The second kappa shape index (κ2) is 9.38. The van der Waals surface area contributed by atoms with E-state index in [-0.39, 0.29) is 17.4 Å². The molecule has 3 atom stereocenters. The Kier molecular flexibility index (Phi) is 6.40. The number of para-hydroxylation sites is 1. The molecule has 3 aromatic carbocycles. The number of likely N-dealkylation sites (N-methyl/N-ethyl adjacent to an activating group) is 1. The van der Waals surface area contributed by atoms with Crippen molar-refractivity contribution in [3.05, 3.63) is 97.0 Å². The summed E-state index contributed by atoms with van der Waals surface area (Å²) in [6, 6.07) is 16.8. The molecular formula is C26H23BrClN3O5. The normalized spacial score (nSPS) is 22.9. The zero-order chi connectivity index (χ0) is 25.6. The van der Waals surface area contributed by atoms with Crippen LogP contribution < -0.4 is 14.8 Å². The van der Waals surface area contributed by atoms with Crippen molar-refractivity contribution in [2.45, 2.75) is 24.1 Å². The summed E-state index contributed by atoms with van der Waals surface area (Å²) in [4.78, 5) is 27.3. The Bertz CT molecular complexity index is 1350. The second-order valence-electron chi connectivity index (χ2n) is 8.93. The number of rotatable bonds is 6. The molecule has 3 aromatic rings. The lowest BCUT2D eigenvalue weighted by Crippen LogP contribution is -2.54. The molecule has 36 heavy (non-hydrogen) atoms. The van der Waals surface area contributed by atoms with Crippen LogP contribution >= 0.6 is 27.5 Å². The zero-order valence-electron chi connectivity index (χ0n) is 19.5. The fourth-order valence-corrected chi connectivity index (χ4v) is 6.11. The molecule has 1 N–H and O–H groups in total. The van der Waals surface area contributed by atoms with E-state index in [0.717, 1.165) is 5.56 Å². The molecule has 0 aliphatic carbocycles. The van der Waals surface area contributed by atoms with Crippen LogP contribution in [0.5, 0.6) is 11.5 Å². The van der Waals surface area contributed by atoms with Crippen molar-refractivity contribution in [3.8, 4) is 11.5 Å². The largest absolute Gasteiger partial charge is 0.493 e. The predicted molar refractivity (Wildman–Crippen MR) is 139 cm³/mol. The highest BCUT2D eigenvalue weighted by Crippen LogP contribution is 2.53. The van der Waals surface area contributed by atoms with Crippen molar-refractivity contribution in [3.63, 3.8) is 0 Å². The van der Waals surface area contributed by atoms with Crippen LogP contribution in [0.2, 0.25) is 5.02 Å². The van der Waals surface area contributed by atoms with Crippen LogP contribution in [0.1, 0.15) is 22.6 Å². The fourth-order valence-electron chi connectivity index (χ4n) is 5.41. The first kappa shape index (κ1) is 24.5. The lowest BCUT2D eigenvalue weighted by Gasteiger charge is -2.30. The maximum atomic E-state index is 13.3. The standard InChI is InChI=1S/C26H23BrClN3O5/c1-30-13-18(24(31(33)34)26(30)19-5-3-4-6-21(19)29-25(26)32)16-11-20(27)23(22(12-16)35-2)36-14-15-7-9-17(28)10-8-15/h3-12,18,24H,13-14H2,1-2H3,(H,29,32)/t18-,24-,26-/m0/s1. The Morgan fingerprint density at radius 1 is 1.22 bits per heavy atom. The minimum Gasteiger partial charge on any atom is -0.493 e. The third-order valence-electron chi connectivity index (χ3n) is 7.02. The number of hydrogen-bond donors (Lipinski definition) is 1. The first-order chi connectivity index (χ1) is 17.3. The molecule has 10 heteroatoms. The molecular weight excluding hydrogens is 550 g/mol. The van der Waals surface area contributed by atoms with E-state index in [1.54, 1.807) is 54.4 Å². The van der Waals surface area contributed by atoms with Crippen LogP contribution in [-0.4, -0.2) is 42.5 Å². The van der Waals surface area contributed by atoms with E-state index >= 15 is 0 Å². The van der Waals surface area contributed by atoms with Gasteiger partial charge in [0.25, 0.3) is 11.9 Å². The van der Waals surface area contributed by atoms with Crippen LogP contribution in [0.15, 0.2) is 65.1 Å². The van der Waals surface area contributed by atoms with E-state index in [0.29, 0.717) is 44.4 Å². The van der Waals surface area contributed by atoms with Gasteiger partial charge in [0.15, 0.2) is 17.0 Å². The number of fused-ring (bicyclic) bond motifs is 2. The molecule has 1 saturated heterocycles. The quantitative estimate of drug-likeness (QED) is 0.322. The number of amides is 1. The van der Waals surface area contributed by atoms with Crippen LogP contribution in [0.3, 0.4) is 0 Å². The molecule has 0 unspecified atom stereocenters. The van der Waals surface area contributed by atoms with E-state index < -0.39 is 17.5 Å². The van der Waals surface area contributed by atoms with Crippen molar-refractivity contribution in [2.75, 3.05) is 26.0 Å². The number of nitro groups is 1. The summed E-state index contributed by atoms with van der Waals surface area (Å²) < 4.78 is 12.2. The number of halogens is 2. The molecule has 0 aromatic heterocycles. The second-order valence-corrected chi connectivity index (χ2v) is 10.2. The summed E-state index contributed by atoms with van der Waals surface area (Å²) in [7, 11) is 3.28. The van der Waals surface area contributed by atoms with E-state index in [1.165, 1.54) is 7.11 Å². The lowest BCUT2D eigenvalue weighted by atomic mass is 9.79. The number of carbonyl (C=O) groups is 1. The number of carbonyl (C=O) groups excluding carboxylic acids is 1. The SMILES string of the molecule is COc1cc([C@@H]2CN(C)[C@]3(C(=O)Nc4ccccc43)[C@H]2[N+](=O)[O-])cc(Br)c1OCc1ccc(Cl)cc1. The molecule has 1 spiro atoms. The molecule has 2 aliphatic heterocycles. The van der Waals surface area contributed by atoms with Crippen LogP contribution in [-0.2, 0) is 16.9 Å². The van der Waals surface area contributed by atoms with E-state index in [4.69, 9.17) is 21.1 Å². The minimum atomic E-state index is -1.41. The van der Waals surface area contributed by atoms with Gasteiger partial charge in [0, 0.05) is 27.7 Å². The van der Waals surface area contributed by atoms with Gasteiger partial charge >= 0.3 is 0 Å². The molecule has 1 amide bonds. The number of nitrogens with zero attached hydrogens (tertiary/aromatic N) is 2. The average molecular weight is 573 g/mol. The molecule has 0 saturated carbocycles. The maximum Gasteiger partial charge on any atom is 0.256 e.